The first-order valence-corrected chi connectivity index (χ1v) is 13.6. The normalized spacial score (nSPS) is 18.3. The van der Waals surface area contributed by atoms with Crippen LogP contribution in [0, 0.1) is 12.7 Å². The Kier molecular flexibility index (Phi) is 7.06. The highest BCUT2D eigenvalue weighted by atomic mass is 35.5. The number of aromatic nitrogens is 2. The van der Waals surface area contributed by atoms with Gasteiger partial charge in [-0.1, -0.05) is 11.6 Å². The molecule has 6 nitrogen and oxygen atoms in total. The number of aryl methyl sites for hydroxylation is 1. The van der Waals surface area contributed by atoms with E-state index in [1.54, 1.807) is 11.6 Å². The summed E-state index contributed by atoms with van der Waals surface area (Å²) >= 11 is 5.96. The lowest BCUT2D eigenvalue weighted by Gasteiger charge is -2.33. The van der Waals surface area contributed by atoms with Crippen molar-refractivity contribution in [3.63, 3.8) is 0 Å². The minimum absolute atomic E-state index is 0.0648. The predicted octanol–water partition coefficient (Wildman–Crippen LogP) is 5.55. The summed E-state index contributed by atoms with van der Waals surface area (Å²) in [5.41, 5.74) is 0.436. The minimum Gasteiger partial charge on any atom is -0.299 e. The highest BCUT2D eigenvalue weighted by Crippen LogP contribution is 2.35. The molecule has 0 spiro atoms. The second-order valence-corrected chi connectivity index (χ2v) is 11.5. The van der Waals surface area contributed by atoms with Gasteiger partial charge in [0, 0.05) is 36.1 Å². The maximum atomic E-state index is 15.0. The molecule has 1 saturated heterocycles. The van der Waals surface area contributed by atoms with Crippen molar-refractivity contribution in [1.82, 2.24) is 19.4 Å². The molecule has 2 heterocycles. The number of alkyl halides is 3. The summed E-state index contributed by atoms with van der Waals surface area (Å²) < 4.78 is 71.4. The molecule has 5 rings (SSSR count). The van der Waals surface area contributed by atoms with E-state index in [1.807, 2.05) is 4.90 Å². The van der Waals surface area contributed by atoms with E-state index in [4.69, 9.17) is 11.6 Å². The molecule has 1 amide bonds. The predicted molar refractivity (Wildman–Crippen MR) is 133 cm³/mol. The Balaban J connectivity index is 1.31. The van der Waals surface area contributed by atoms with E-state index in [1.165, 1.54) is 24.3 Å². The number of amides is 1. The monoisotopic (exact) mass is 556 g/mol. The van der Waals surface area contributed by atoms with Gasteiger partial charge in [0.15, 0.2) is 0 Å². The topological polar surface area (TPSA) is 67.2 Å². The van der Waals surface area contributed by atoms with E-state index < -0.39 is 34.4 Å². The third-order valence-electron chi connectivity index (χ3n) is 6.91. The van der Waals surface area contributed by atoms with Crippen molar-refractivity contribution >= 4 is 39.4 Å². The lowest BCUT2D eigenvalue weighted by Crippen LogP contribution is -2.35. The van der Waals surface area contributed by atoms with Crippen LogP contribution in [0.2, 0.25) is 5.02 Å². The van der Waals surface area contributed by atoms with Crippen molar-refractivity contribution in [2.24, 2.45) is 0 Å². The zero-order valence-electron chi connectivity index (χ0n) is 19.9. The standard InChI is InChI=1S/C25H25ClF4N4O2S/c1-14-19-11-20(24(35)32-37(36)18-3-4-18)22(27)12-23(19)34(31-14)17-6-8-33(9-7-17)13-15-10-16(26)2-5-21(15)25(28,29)30/h2,5,10-12,17-18H,3-4,6-9,13H2,1H3,(H,32,35). The van der Waals surface area contributed by atoms with Crippen LogP contribution in [0.5, 0.6) is 0 Å². The number of piperidine rings is 1. The number of benzene rings is 2. The molecule has 3 aromatic rings. The van der Waals surface area contributed by atoms with Gasteiger partial charge < -0.3 is 0 Å². The molecular formula is C25H25ClF4N4O2S. The molecule has 12 heteroatoms. The fourth-order valence-electron chi connectivity index (χ4n) is 4.81. The van der Waals surface area contributed by atoms with Crippen LogP contribution in [0.3, 0.4) is 0 Å². The Hall–Kier alpha value is -2.50. The molecule has 198 valence electrons. The van der Waals surface area contributed by atoms with Gasteiger partial charge in [-0.2, -0.15) is 18.3 Å². The molecule has 2 aromatic carbocycles. The molecule has 1 unspecified atom stereocenters. The number of nitrogens with zero attached hydrogens (tertiary/aromatic N) is 3. The van der Waals surface area contributed by atoms with Crippen molar-refractivity contribution < 1.29 is 26.6 Å². The third-order valence-corrected chi connectivity index (χ3v) is 8.61. The molecular weight excluding hydrogens is 532 g/mol. The molecule has 1 N–H and O–H groups in total. The van der Waals surface area contributed by atoms with Crippen LogP contribution in [0.4, 0.5) is 17.6 Å². The quantitative estimate of drug-likeness (QED) is 0.404. The maximum absolute atomic E-state index is 15.0. The van der Waals surface area contributed by atoms with Gasteiger partial charge in [0.05, 0.1) is 33.6 Å². The first-order chi connectivity index (χ1) is 17.5. The SMILES string of the molecule is Cc1nn(C2CCN(Cc3cc(Cl)ccc3C(F)(F)F)CC2)c2cc(F)c(C(=O)NS(=O)C3CC3)cc12. The van der Waals surface area contributed by atoms with Gasteiger partial charge in [0.25, 0.3) is 5.91 Å². The first kappa shape index (κ1) is 26.1. The number of nitrogens with one attached hydrogen (secondary N) is 1. The summed E-state index contributed by atoms with van der Waals surface area (Å²) in [5, 5.41) is 5.41. The second-order valence-electron chi connectivity index (χ2n) is 9.61. The van der Waals surface area contributed by atoms with Gasteiger partial charge in [-0.05, 0) is 62.4 Å². The van der Waals surface area contributed by atoms with Gasteiger partial charge in [-0.15, -0.1) is 0 Å². The van der Waals surface area contributed by atoms with Crippen LogP contribution in [0.1, 0.15) is 58.9 Å². The number of likely N-dealkylation sites (tertiary alicyclic amines) is 1. The number of carbonyl (C=O) groups excluding carboxylic acids is 1. The number of carbonyl (C=O) groups is 1. The number of hydrogen-bond acceptors (Lipinski definition) is 4. The molecule has 1 aromatic heterocycles. The number of fused-ring (bicyclic) bond motifs is 1. The summed E-state index contributed by atoms with van der Waals surface area (Å²) in [6.07, 6.45) is -1.68. The van der Waals surface area contributed by atoms with E-state index >= 15 is 0 Å². The van der Waals surface area contributed by atoms with Crippen molar-refractivity contribution in [2.75, 3.05) is 13.1 Å². The molecule has 0 bridgehead atoms. The molecule has 1 aliphatic carbocycles. The fourth-order valence-corrected chi connectivity index (χ4v) is 6.03. The Morgan fingerprint density at radius 3 is 2.51 bits per heavy atom. The first-order valence-electron chi connectivity index (χ1n) is 12.0. The Morgan fingerprint density at radius 1 is 1.16 bits per heavy atom. The summed E-state index contributed by atoms with van der Waals surface area (Å²) in [4.78, 5) is 14.5. The van der Waals surface area contributed by atoms with Crippen LogP contribution in [0.15, 0.2) is 30.3 Å². The van der Waals surface area contributed by atoms with Crippen molar-refractivity contribution in [3.8, 4) is 0 Å². The van der Waals surface area contributed by atoms with E-state index in [9.17, 15) is 26.6 Å². The molecule has 2 fully saturated rings. The molecule has 2 aliphatic rings. The number of rotatable bonds is 6. The summed E-state index contributed by atoms with van der Waals surface area (Å²) in [6, 6.07) is 6.25. The molecule has 1 aliphatic heterocycles. The van der Waals surface area contributed by atoms with E-state index in [2.05, 4.69) is 9.82 Å². The van der Waals surface area contributed by atoms with Crippen LogP contribution in [-0.4, -0.2) is 43.1 Å². The van der Waals surface area contributed by atoms with E-state index in [-0.39, 0.29) is 34.0 Å². The van der Waals surface area contributed by atoms with Crippen LogP contribution in [-0.2, 0) is 23.7 Å². The third kappa shape index (κ3) is 5.53. The van der Waals surface area contributed by atoms with E-state index in [0.29, 0.717) is 42.5 Å². The zero-order chi connectivity index (χ0) is 26.5. The molecule has 0 radical (unpaired) electrons. The van der Waals surface area contributed by atoms with Crippen molar-refractivity contribution in [1.29, 1.82) is 0 Å². The van der Waals surface area contributed by atoms with E-state index in [0.717, 1.165) is 18.9 Å². The lowest BCUT2D eigenvalue weighted by molar-refractivity contribution is -0.138. The largest absolute Gasteiger partial charge is 0.416 e. The van der Waals surface area contributed by atoms with Crippen LogP contribution < -0.4 is 4.72 Å². The number of hydrogen-bond donors (Lipinski definition) is 1. The molecule has 37 heavy (non-hydrogen) atoms. The highest BCUT2D eigenvalue weighted by Gasteiger charge is 2.34. The number of halogens is 5. The smallest absolute Gasteiger partial charge is 0.299 e. The highest BCUT2D eigenvalue weighted by molar-refractivity contribution is 7.84. The summed E-state index contributed by atoms with van der Waals surface area (Å²) in [7, 11) is -1.52. The van der Waals surface area contributed by atoms with Crippen molar-refractivity contribution in [2.45, 2.75) is 56.6 Å². The lowest BCUT2D eigenvalue weighted by atomic mass is 10.0. The minimum atomic E-state index is -4.46. The van der Waals surface area contributed by atoms with Gasteiger partial charge in [-0.3, -0.25) is 19.1 Å². The second kappa shape index (κ2) is 9.99. The van der Waals surface area contributed by atoms with Gasteiger partial charge in [-0.25, -0.2) is 8.60 Å². The van der Waals surface area contributed by atoms with Crippen LogP contribution in [0.25, 0.3) is 10.9 Å². The Morgan fingerprint density at radius 2 is 1.86 bits per heavy atom. The molecule has 1 saturated carbocycles. The van der Waals surface area contributed by atoms with Gasteiger partial charge in [0.1, 0.15) is 16.8 Å². The van der Waals surface area contributed by atoms with Crippen LogP contribution >= 0.6 is 11.6 Å². The summed E-state index contributed by atoms with van der Waals surface area (Å²) in [5.74, 6) is -1.44. The molecule has 1 atom stereocenters. The van der Waals surface area contributed by atoms with Gasteiger partial charge in [0.2, 0.25) is 0 Å². The fraction of sp³-hybridized carbons (Fsp3) is 0.440. The Labute approximate surface area is 218 Å². The average Bonchev–Trinajstić information content (AvgIpc) is 3.63. The Bertz CT molecular complexity index is 1380. The average molecular weight is 557 g/mol. The summed E-state index contributed by atoms with van der Waals surface area (Å²) in [6.45, 7) is 2.96. The van der Waals surface area contributed by atoms with Crippen molar-refractivity contribution in [3.05, 3.63) is 63.6 Å². The zero-order valence-corrected chi connectivity index (χ0v) is 21.5. The van der Waals surface area contributed by atoms with Gasteiger partial charge >= 0.3 is 6.18 Å². The maximum Gasteiger partial charge on any atom is 0.416 e.